The average Bonchev–Trinajstić information content (AvgIpc) is 2.64. The summed E-state index contributed by atoms with van der Waals surface area (Å²) in [5.41, 5.74) is 1.28. The van der Waals surface area contributed by atoms with E-state index in [0.29, 0.717) is 17.5 Å². The van der Waals surface area contributed by atoms with Gasteiger partial charge in [0.15, 0.2) is 16.1 Å². The normalized spacial score (nSPS) is 16.2. The largest absolute Gasteiger partial charge is 0.381 e. The second-order valence-electron chi connectivity index (χ2n) is 5.90. The predicted octanol–water partition coefficient (Wildman–Crippen LogP) is 3.82. The minimum atomic E-state index is -0.0132. The van der Waals surface area contributed by atoms with Gasteiger partial charge in [-0.1, -0.05) is 53.5 Å². The van der Waals surface area contributed by atoms with Crippen molar-refractivity contribution in [2.45, 2.75) is 18.3 Å². The highest BCUT2D eigenvalue weighted by molar-refractivity contribution is 7.80. The van der Waals surface area contributed by atoms with Crippen LogP contribution >= 0.6 is 35.4 Å². The SMILES string of the molecule is S=C(NCC1(c2ccccc2)CCOCC1)Nc1ncc(Cl)nc1Cl. The smallest absolute Gasteiger partial charge is 0.173 e. The first-order valence-electron chi connectivity index (χ1n) is 7.95. The van der Waals surface area contributed by atoms with Crippen LogP contribution in [0, 0.1) is 0 Å². The van der Waals surface area contributed by atoms with E-state index in [2.05, 4.69) is 44.9 Å². The fourth-order valence-electron chi connectivity index (χ4n) is 2.95. The first kappa shape index (κ1) is 18.3. The van der Waals surface area contributed by atoms with Gasteiger partial charge < -0.3 is 15.4 Å². The van der Waals surface area contributed by atoms with Gasteiger partial charge in [-0.05, 0) is 30.6 Å². The van der Waals surface area contributed by atoms with E-state index >= 15 is 0 Å². The maximum atomic E-state index is 6.02. The molecule has 8 heteroatoms. The molecule has 0 amide bonds. The van der Waals surface area contributed by atoms with Gasteiger partial charge in [-0.15, -0.1) is 0 Å². The van der Waals surface area contributed by atoms with Crippen molar-refractivity contribution < 1.29 is 4.74 Å². The number of hydrogen-bond donors (Lipinski definition) is 2. The van der Waals surface area contributed by atoms with Gasteiger partial charge in [0.25, 0.3) is 0 Å². The molecule has 0 saturated carbocycles. The Morgan fingerprint density at radius 2 is 1.92 bits per heavy atom. The van der Waals surface area contributed by atoms with Gasteiger partial charge in [0.05, 0.1) is 6.20 Å². The molecule has 1 aliphatic heterocycles. The number of thiocarbonyl (C=S) groups is 1. The summed E-state index contributed by atoms with van der Waals surface area (Å²) < 4.78 is 5.55. The molecule has 2 aromatic rings. The molecule has 2 N–H and O–H groups in total. The highest BCUT2D eigenvalue weighted by atomic mass is 35.5. The zero-order valence-corrected chi connectivity index (χ0v) is 15.8. The topological polar surface area (TPSA) is 59.1 Å². The number of halogens is 2. The molecule has 1 aromatic carbocycles. The molecular weight excluding hydrogens is 379 g/mol. The lowest BCUT2D eigenvalue weighted by Crippen LogP contribution is -2.45. The van der Waals surface area contributed by atoms with Crippen molar-refractivity contribution in [3.63, 3.8) is 0 Å². The van der Waals surface area contributed by atoms with Crippen LogP contribution in [0.15, 0.2) is 36.5 Å². The Balaban J connectivity index is 1.68. The van der Waals surface area contributed by atoms with Crippen molar-refractivity contribution in [1.82, 2.24) is 15.3 Å². The summed E-state index contributed by atoms with van der Waals surface area (Å²) in [5, 5.41) is 7.12. The number of nitrogens with one attached hydrogen (secondary N) is 2. The number of aromatic nitrogens is 2. The minimum absolute atomic E-state index is 0.0132. The molecule has 1 aliphatic rings. The van der Waals surface area contributed by atoms with Gasteiger partial charge >= 0.3 is 0 Å². The fraction of sp³-hybridized carbons (Fsp3) is 0.353. The second kappa shape index (κ2) is 8.27. The van der Waals surface area contributed by atoms with E-state index in [9.17, 15) is 0 Å². The molecule has 0 unspecified atom stereocenters. The second-order valence-corrected chi connectivity index (χ2v) is 7.05. The molecule has 0 spiro atoms. The Labute approximate surface area is 162 Å². The van der Waals surface area contributed by atoms with Crippen molar-refractivity contribution in [3.8, 4) is 0 Å². The lowest BCUT2D eigenvalue weighted by atomic mass is 9.74. The van der Waals surface area contributed by atoms with Crippen LogP contribution in [0.3, 0.4) is 0 Å². The third-order valence-corrected chi connectivity index (χ3v) is 5.05. The maximum Gasteiger partial charge on any atom is 0.173 e. The summed E-state index contributed by atoms with van der Waals surface area (Å²) in [4.78, 5) is 8.04. The fourth-order valence-corrected chi connectivity index (χ4v) is 3.49. The quantitative estimate of drug-likeness (QED) is 0.765. The molecule has 0 radical (unpaired) electrons. The molecule has 2 heterocycles. The number of nitrogens with zero attached hydrogens (tertiary/aromatic N) is 2. The van der Waals surface area contributed by atoms with Crippen molar-refractivity contribution in [2.75, 3.05) is 25.1 Å². The summed E-state index contributed by atoms with van der Waals surface area (Å²) in [6.07, 6.45) is 3.30. The summed E-state index contributed by atoms with van der Waals surface area (Å²) in [6, 6.07) is 10.5. The van der Waals surface area contributed by atoms with Crippen molar-refractivity contribution in [2.24, 2.45) is 0 Å². The predicted molar refractivity (Wildman–Crippen MR) is 104 cm³/mol. The van der Waals surface area contributed by atoms with Crippen LogP contribution in [0.1, 0.15) is 18.4 Å². The van der Waals surface area contributed by atoms with Gasteiger partial charge in [-0.25, -0.2) is 9.97 Å². The number of hydrogen-bond acceptors (Lipinski definition) is 4. The Bertz CT molecular complexity index is 739. The van der Waals surface area contributed by atoms with E-state index in [1.54, 1.807) is 0 Å². The van der Waals surface area contributed by atoms with Crippen molar-refractivity contribution in [1.29, 1.82) is 0 Å². The lowest BCUT2D eigenvalue weighted by Gasteiger charge is -2.38. The zero-order chi connectivity index (χ0) is 17.7. The third kappa shape index (κ3) is 4.58. The van der Waals surface area contributed by atoms with Crippen LogP contribution in [-0.2, 0) is 10.2 Å². The highest BCUT2D eigenvalue weighted by Gasteiger charge is 2.34. The van der Waals surface area contributed by atoms with Gasteiger partial charge in [0.2, 0.25) is 0 Å². The Morgan fingerprint density at radius 3 is 2.60 bits per heavy atom. The molecule has 0 bridgehead atoms. The van der Waals surface area contributed by atoms with Crippen molar-refractivity contribution >= 4 is 46.4 Å². The third-order valence-electron chi connectivity index (χ3n) is 4.36. The standard InChI is InChI=1S/C17H18Cl2N4OS/c18-13-10-20-15(14(19)22-13)23-16(25)21-11-17(6-8-24-9-7-17)12-4-2-1-3-5-12/h1-5,10H,6-9,11H2,(H2,20,21,23,25). The first-order chi connectivity index (χ1) is 12.1. The van der Waals surface area contributed by atoms with Crippen LogP contribution in [0.25, 0.3) is 0 Å². The summed E-state index contributed by atoms with van der Waals surface area (Å²) >= 11 is 17.2. The summed E-state index contributed by atoms with van der Waals surface area (Å²) in [5.74, 6) is 0.379. The van der Waals surface area contributed by atoms with Gasteiger partial charge in [-0.3, -0.25) is 0 Å². The van der Waals surface area contributed by atoms with Crippen LogP contribution in [0.5, 0.6) is 0 Å². The van der Waals surface area contributed by atoms with E-state index in [-0.39, 0.29) is 15.7 Å². The van der Waals surface area contributed by atoms with E-state index < -0.39 is 0 Å². The average molecular weight is 397 g/mol. The lowest BCUT2D eigenvalue weighted by molar-refractivity contribution is 0.0515. The van der Waals surface area contributed by atoms with Gasteiger partial charge in [0, 0.05) is 25.2 Å². The summed E-state index contributed by atoms with van der Waals surface area (Å²) in [7, 11) is 0. The molecule has 1 saturated heterocycles. The van der Waals surface area contributed by atoms with E-state index in [0.717, 1.165) is 26.1 Å². The van der Waals surface area contributed by atoms with Crippen LogP contribution in [0.2, 0.25) is 10.3 Å². The highest BCUT2D eigenvalue weighted by Crippen LogP contribution is 2.34. The summed E-state index contributed by atoms with van der Waals surface area (Å²) in [6.45, 7) is 2.18. The van der Waals surface area contributed by atoms with Crippen LogP contribution in [-0.4, -0.2) is 34.8 Å². The van der Waals surface area contributed by atoms with E-state index in [1.807, 2.05) is 6.07 Å². The number of benzene rings is 1. The Hall–Kier alpha value is -1.47. The van der Waals surface area contributed by atoms with Crippen molar-refractivity contribution in [3.05, 3.63) is 52.4 Å². The molecule has 3 rings (SSSR count). The molecule has 5 nitrogen and oxygen atoms in total. The Morgan fingerprint density at radius 1 is 1.20 bits per heavy atom. The number of rotatable bonds is 4. The monoisotopic (exact) mass is 396 g/mol. The number of ether oxygens (including phenoxy) is 1. The minimum Gasteiger partial charge on any atom is -0.381 e. The molecule has 0 atom stereocenters. The molecule has 1 fully saturated rings. The van der Waals surface area contributed by atoms with E-state index in [4.69, 9.17) is 40.2 Å². The molecule has 0 aliphatic carbocycles. The molecule has 1 aromatic heterocycles. The molecular formula is C17H18Cl2N4OS. The molecule has 132 valence electrons. The van der Waals surface area contributed by atoms with Gasteiger partial charge in [0.1, 0.15) is 5.15 Å². The maximum absolute atomic E-state index is 6.02. The molecule has 25 heavy (non-hydrogen) atoms. The van der Waals surface area contributed by atoms with Crippen LogP contribution in [0.4, 0.5) is 5.82 Å². The van der Waals surface area contributed by atoms with E-state index in [1.165, 1.54) is 11.8 Å². The van der Waals surface area contributed by atoms with Crippen LogP contribution < -0.4 is 10.6 Å². The Kier molecular flexibility index (Phi) is 6.06. The number of anilines is 1. The zero-order valence-electron chi connectivity index (χ0n) is 13.5. The van der Waals surface area contributed by atoms with Gasteiger partial charge in [-0.2, -0.15) is 0 Å². The first-order valence-corrected chi connectivity index (χ1v) is 9.12.